The third-order valence-corrected chi connectivity index (χ3v) is 5.21. The van der Waals surface area contributed by atoms with Gasteiger partial charge in [0.25, 0.3) is 0 Å². The second-order valence-electron chi connectivity index (χ2n) is 7.66. The van der Waals surface area contributed by atoms with Crippen LogP contribution in [0.2, 0.25) is 0 Å². The van der Waals surface area contributed by atoms with Gasteiger partial charge in [0.2, 0.25) is 11.7 Å². The minimum Gasteiger partial charge on any atom is -0.463 e. The molecule has 0 bridgehead atoms. The lowest BCUT2D eigenvalue weighted by molar-refractivity contribution is -0.137. The summed E-state index contributed by atoms with van der Waals surface area (Å²) in [5.41, 5.74) is 3.36. The number of nitrogens with one attached hydrogen (secondary N) is 1. The highest BCUT2D eigenvalue weighted by molar-refractivity contribution is 5.99. The van der Waals surface area contributed by atoms with E-state index in [1.165, 1.54) is 31.5 Å². The van der Waals surface area contributed by atoms with Gasteiger partial charge in [-0.25, -0.2) is 10.2 Å². The minimum atomic E-state index is -4.48. The second-order valence-corrected chi connectivity index (χ2v) is 7.66. The molecule has 0 unspecified atom stereocenters. The number of rotatable bonds is 7. The molecule has 0 spiro atoms. The number of para-hydroxylation sites is 1. The second kappa shape index (κ2) is 9.88. The van der Waals surface area contributed by atoms with Gasteiger partial charge < -0.3 is 13.7 Å². The molecule has 0 radical (unpaired) electrons. The maximum absolute atomic E-state index is 12.9. The first kappa shape index (κ1) is 23.8. The average molecular weight is 483 g/mol. The number of hydrogen-bond donors (Lipinski definition) is 1. The molecule has 10 heteroatoms. The molecule has 1 N–H and O–H groups in total. The first-order chi connectivity index (χ1) is 16.7. The SMILES string of the molecule is COC(=O)c1ccc(Cn2cc(/C=N/NC(=O)Cc3cccc(C(F)(F)F)c3)c3ccccc32)o1. The van der Waals surface area contributed by atoms with Crippen LogP contribution in [0.3, 0.4) is 0 Å². The summed E-state index contributed by atoms with van der Waals surface area (Å²) in [6.07, 6.45) is -1.45. The Kier molecular flexibility index (Phi) is 6.72. The Bertz CT molecular complexity index is 1400. The van der Waals surface area contributed by atoms with Gasteiger partial charge in [-0.05, 0) is 29.8 Å². The first-order valence-corrected chi connectivity index (χ1v) is 10.5. The number of fused-ring (bicyclic) bond motifs is 1. The summed E-state index contributed by atoms with van der Waals surface area (Å²) in [4.78, 5) is 23.8. The molecule has 2 aromatic heterocycles. The fraction of sp³-hybridized carbons (Fsp3) is 0.160. The van der Waals surface area contributed by atoms with E-state index in [4.69, 9.17) is 4.42 Å². The van der Waals surface area contributed by atoms with Crippen molar-refractivity contribution in [1.82, 2.24) is 9.99 Å². The Hall–Kier alpha value is -4.34. The summed E-state index contributed by atoms with van der Waals surface area (Å²) in [6.45, 7) is 0.341. The van der Waals surface area contributed by atoms with E-state index in [0.29, 0.717) is 17.9 Å². The molecule has 1 amide bonds. The van der Waals surface area contributed by atoms with Gasteiger partial charge >= 0.3 is 12.1 Å². The Morgan fingerprint density at radius 1 is 1.11 bits per heavy atom. The van der Waals surface area contributed by atoms with Crippen LogP contribution in [0.1, 0.15) is 33.0 Å². The van der Waals surface area contributed by atoms with Crippen LogP contribution in [0.4, 0.5) is 13.2 Å². The third kappa shape index (κ3) is 5.60. The summed E-state index contributed by atoms with van der Waals surface area (Å²) in [6, 6.07) is 15.4. The van der Waals surface area contributed by atoms with Gasteiger partial charge in [-0.15, -0.1) is 0 Å². The topological polar surface area (TPSA) is 85.8 Å². The molecule has 0 atom stereocenters. The molecule has 35 heavy (non-hydrogen) atoms. The van der Waals surface area contributed by atoms with Crippen molar-refractivity contribution in [2.45, 2.75) is 19.1 Å². The van der Waals surface area contributed by atoms with E-state index >= 15 is 0 Å². The van der Waals surface area contributed by atoms with Crippen molar-refractivity contribution < 1.29 is 31.9 Å². The highest BCUT2D eigenvalue weighted by Gasteiger charge is 2.30. The molecule has 0 aliphatic heterocycles. The van der Waals surface area contributed by atoms with Crippen LogP contribution in [-0.4, -0.2) is 29.8 Å². The van der Waals surface area contributed by atoms with Gasteiger partial charge in [0.1, 0.15) is 5.76 Å². The van der Waals surface area contributed by atoms with Crippen molar-refractivity contribution in [2.24, 2.45) is 5.10 Å². The maximum atomic E-state index is 12.9. The maximum Gasteiger partial charge on any atom is 0.416 e. The lowest BCUT2D eigenvalue weighted by atomic mass is 10.1. The van der Waals surface area contributed by atoms with Crippen LogP contribution >= 0.6 is 0 Å². The van der Waals surface area contributed by atoms with Crippen molar-refractivity contribution in [3.8, 4) is 0 Å². The van der Waals surface area contributed by atoms with E-state index in [0.717, 1.165) is 23.0 Å². The van der Waals surface area contributed by atoms with E-state index in [1.54, 1.807) is 6.07 Å². The smallest absolute Gasteiger partial charge is 0.416 e. The number of aromatic nitrogens is 1. The highest BCUT2D eigenvalue weighted by atomic mass is 19.4. The van der Waals surface area contributed by atoms with E-state index in [9.17, 15) is 22.8 Å². The predicted octanol–water partition coefficient (Wildman–Crippen LogP) is 4.78. The van der Waals surface area contributed by atoms with Crippen LogP contribution in [0.25, 0.3) is 10.9 Å². The van der Waals surface area contributed by atoms with Crippen molar-refractivity contribution in [3.63, 3.8) is 0 Å². The van der Waals surface area contributed by atoms with Crippen molar-refractivity contribution in [2.75, 3.05) is 7.11 Å². The van der Waals surface area contributed by atoms with Gasteiger partial charge in [-0.3, -0.25) is 4.79 Å². The number of alkyl halides is 3. The molecule has 0 aliphatic carbocycles. The number of methoxy groups -OCH3 is 1. The Morgan fingerprint density at radius 2 is 1.91 bits per heavy atom. The van der Waals surface area contributed by atoms with E-state index in [-0.39, 0.29) is 17.7 Å². The standard InChI is InChI=1S/C25H20F3N3O4/c1-34-24(33)22-10-9-19(35-22)15-31-14-17(20-7-2-3-8-21(20)31)13-29-30-23(32)12-16-5-4-6-18(11-16)25(26,27)28/h2-11,13-14H,12,15H2,1H3,(H,30,32)/b29-13+. The van der Waals surface area contributed by atoms with E-state index in [1.807, 2.05) is 35.0 Å². The van der Waals surface area contributed by atoms with Gasteiger partial charge in [-0.2, -0.15) is 18.3 Å². The zero-order valence-electron chi connectivity index (χ0n) is 18.5. The zero-order valence-corrected chi connectivity index (χ0v) is 18.5. The van der Waals surface area contributed by atoms with E-state index in [2.05, 4.69) is 15.3 Å². The van der Waals surface area contributed by atoms with Gasteiger partial charge in [0, 0.05) is 22.7 Å². The van der Waals surface area contributed by atoms with E-state index < -0.39 is 23.6 Å². The lowest BCUT2D eigenvalue weighted by Crippen LogP contribution is -2.20. The minimum absolute atomic E-state index is 0.101. The third-order valence-electron chi connectivity index (χ3n) is 5.21. The predicted molar refractivity (Wildman–Crippen MR) is 122 cm³/mol. The summed E-state index contributed by atoms with van der Waals surface area (Å²) >= 11 is 0. The molecule has 2 aromatic carbocycles. The number of carbonyl (C=O) groups excluding carboxylic acids is 2. The van der Waals surface area contributed by atoms with Gasteiger partial charge in [0.15, 0.2) is 0 Å². The van der Waals surface area contributed by atoms with Crippen LogP contribution < -0.4 is 5.43 Å². The summed E-state index contributed by atoms with van der Waals surface area (Å²) in [7, 11) is 1.27. The average Bonchev–Trinajstić information content (AvgIpc) is 3.44. The molecule has 180 valence electrons. The number of ether oxygens (including phenoxy) is 1. The number of amides is 1. The van der Waals surface area contributed by atoms with Crippen LogP contribution in [-0.2, 0) is 28.7 Å². The number of furan rings is 1. The van der Waals surface area contributed by atoms with Crippen molar-refractivity contribution in [1.29, 1.82) is 0 Å². The highest BCUT2D eigenvalue weighted by Crippen LogP contribution is 2.29. The fourth-order valence-corrected chi connectivity index (χ4v) is 3.61. The normalized spacial score (nSPS) is 11.8. The lowest BCUT2D eigenvalue weighted by Gasteiger charge is -2.08. The number of esters is 1. The Morgan fingerprint density at radius 3 is 2.69 bits per heavy atom. The molecule has 0 fully saturated rings. The molecule has 4 aromatic rings. The molecule has 0 saturated carbocycles. The molecule has 2 heterocycles. The molecule has 7 nitrogen and oxygen atoms in total. The number of nitrogens with zero attached hydrogens (tertiary/aromatic N) is 2. The van der Waals surface area contributed by atoms with Crippen LogP contribution in [0.5, 0.6) is 0 Å². The Balaban J connectivity index is 1.47. The number of halogens is 3. The zero-order chi connectivity index (χ0) is 25.0. The van der Waals surface area contributed by atoms with Crippen LogP contribution in [0.15, 0.2) is 76.4 Å². The number of carbonyl (C=O) groups is 2. The monoisotopic (exact) mass is 483 g/mol. The quantitative estimate of drug-likeness (QED) is 0.233. The molecular weight excluding hydrogens is 463 g/mol. The fourth-order valence-electron chi connectivity index (χ4n) is 3.61. The van der Waals surface area contributed by atoms with Gasteiger partial charge in [0.05, 0.1) is 31.9 Å². The molecule has 0 saturated heterocycles. The van der Waals surface area contributed by atoms with Gasteiger partial charge in [-0.1, -0.05) is 36.4 Å². The molecule has 0 aliphatic rings. The van der Waals surface area contributed by atoms with Crippen molar-refractivity contribution >= 4 is 29.0 Å². The summed E-state index contributed by atoms with van der Waals surface area (Å²) in [5, 5.41) is 4.84. The Labute approximate surface area is 197 Å². The number of benzene rings is 2. The summed E-state index contributed by atoms with van der Waals surface area (Å²) < 4.78 is 50.7. The first-order valence-electron chi connectivity index (χ1n) is 10.5. The number of hydrogen-bond acceptors (Lipinski definition) is 5. The summed E-state index contributed by atoms with van der Waals surface area (Å²) in [5.74, 6) is -0.467. The molecular formula is C25H20F3N3O4. The molecule has 4 rings (SSSR count). The van der Waals surface area contributed by atoms with Crippen molar-refractivity contribution in [3.05, 3.63) is 95.1 Å². The largest absolute Gasteiger partial charge is 0.463 e. The van der Waals surface area contributed by atoms with Crippen LogP contribution in [0, 0.1) is 0 Å². The number of hydrazone groups is 1.